The van der Waals surface area contributed by atoms with Crippen molar-refractivity contribution in [3.63, 3.8) is 0 Å². The Morgan fingerprint density at radius 2 is 2.29 bits per heavy atom. The fraction of sp³-hybridized carbons (Fsp3) is 0.364. The zero-order chi connectivity index (χ0) is 10.1. The van der Waals surface area contributed by atoms with Crippen molar-refractivity contribution in [3.05, 3.63) is 36.0 Å². The van der Waals surface area contributed by atoms with E-state index < -0.39 is 6.23 Å². The monoisotopic (exact) mass is 191 g/mol. The lowest BCUT2D eigenvalue weighted by Gasteiger charge is -2.34. The van der Waals surface area contributed by atoms with E-state index >= 15 is 0 Å². The molecular formula is C11H13NO2. The summed E-state index contributed by atoms with van der Waals surface area (Å²) in [6, 6.07) is 0. The molecule has 0 saturated heterocycles. The van der Waals surface area contributed by atoms with Gasteiger partial charge < -0.3 is 10.0 Å². The van der Waals surface area contributed by atoms with Crippen molar-refractivity contribution in [2.75, 3.05) is 6.54 Å². The second kappa shape index (κ2) is 3.42. The highest BCUT2D eigenvalue weighted by atomic mass is 16.3. The summed E-state index contributed by atoms with van der Waals surface area (Å²) < 4.78 is 0. The lowest BCUT2D eigenvalue weighted by Crippen LogP contribution is -2.47. The summed E-state index contributed by atoms with van der Waals surface area (Å²) in [7, 11) is 0. The molecule has 3 nitrogen and oxygen atoms in total. The Bertz CT molecular complexity index is 341. The molecule has 0 spiro atoms. The van der Waals surface area contributed by atoms with E-state index in [1.54, 1.807) is 6.08 Å². The third kappa shape index (κ3) is 1.30. The van der Waals surface area contributed by atoms with E-state index in [0.29, 0.717) is 12.1 Å². The molecule has 0 aromatic carbocycles. The van der Waals surface area contributed by atoms with Gasteiger partial charge in [0.15, 0.2) is 0 Å². The minimum Gasteiger partial charge on any atom is -0.373 e. The summed E-state index contributed by atoms with van der Waals surface area (Å²) in [5, 5.41) is 9.86. The summed E-state index contributed by atoms with van der Waals surface area (Å²) in [4.78, 5) is 13.2. The highest BCUT2D eigenvalue weighted by Crippen LogP contribution is 2.25. The topological polar surface area (TPSA) is 40.5 Å². The molecule has 0 radical (unpaired) electrons. The van der Waals surface area contributed by atoms with E-state index in [4.69, 9.17) is 0 Å². The molecule has 1 aliphatic carbocycles. The first-order valence-electron chi connectivity index (χ1n) is 4.79. The maximum absolute atomic E-state index is 11.7. The van der Waals surface area contributed by atoms with Crippen LogP contribution < -0.4 is 0 Å². The van der Waals surface area contributed by atoms with Crippen LogP contribution in [0.3, 0.4) is 0 Å². The van der Waals surface area contributed by atoms with Crippen LogP contribution in [0.2, 0.25) is 0 Å². The summed E-state index contributed by atoms with van der Waals surface area (Å²) >= 11 is 0. The molecule has 0 aromatic rings. The number of rotatable bonds is 1. The van der Waals surface area contributed by atoms with E-state index in [1.165, 1.54) is 4.90 Å². The average Bonchev–Trinajstić information content (AvgIpc) is 2.40. The summed E-state index contributed by atoms with van der Waals surface area (Å²) in [5.74, 6) is -0.158. The molecular weight excluding hydrogens is 178 g/mol. The normalized spacial score (nSPS) is 30.3. The van der Waals surface area contributed by atoms with Crippen molar-refractivity contribution in [2.24, 2.45) is 5.92 Å². The minimum atomic E-state index is -0.715. The number of carbonyl (C=O) groups is 1. The molecule has 2 rings (SSSR count). The van der Waals surface area contributed by atoms with Gasteiger partial charge in [0, 0.05) is 18.0 Å². The molecule has 2 unspecified atom stereocenters. The fourth-order valence-corrected chi connectivity index (χ4v) is 1.82. The Morgan fingerprint density at radius 1 is 1.50 bits per heavy atom. The molecule has 0 saturated carbocycles. The highest BCUT2D eigenvalue weighted by Gasteiger charge is 2.32. The fourth-order valence-electron chi connectivity index (χ4n) is 1.82. The molecule has 1 amide bonds. The second-order valence-corrected chi connectivity index (χ2v) is 3.45. The first-order chi connectivity index (χ1) is 6.74. The molecule has 2 bridgehead atoms. The number of likely N-dealkylation sites (N-methyl/N-ethyl adjacent to an activating group) is 1. The van der Waals surface area contributed by atoms with Gasteiger partial charge in [0.05, 0.1) is 0 Å². The quantitative estimate of drug-likeness (QED) is 0.667. The Kier molecular flexibility index (Phi) is 2.25. The largest absolute Gasteiger partial charge is 0.373 e. The molecule has 1 aliphatic heterocycles. The van der Waals surface area contributed by atoms with Gasteiger partial charge in [-0.25, -0.2) is 0 Å². The Hall–Kier alpha value is -1.35. The van der Waals surface area contributed by atoms with Gasteiger partial charge in [-0.2, -0.15) is 0 Å². The maximum Gasteiger partial charge on any atom is 0.255 e. The Balaban J connectivity index is 2.41. The minimum absolute atomic E-state index is 0.0716. The Labute approximate surface area is 83.0 Å². The molecule has 0 fully saturated rings. The van der Waals surface area contributed by atoms with Crippen molar-refractivity contribution in [3.8, 4) is 0 Å². The zero-order valence-electron chi connectivity index (χ0n) is 8.05. The molecule has 74 valence electrons. The number of aliphatic hydroxyl groups is 1. The van der Waals surface area contributed by atoms with Gasteiger partial charge >= 0.3 is 0 Å². The van der Waals surface area contributed by atoms with Gasteiger partial charge in [-0.05, 0) is 13.0 Å². The van der Waals surface area contributed by atoms with Gasteiger partial charge in [0.1, 0.15) is 6.23 Å². The zero-order valence-corrected chi connectivity index (χ0v) is 8.05. The van der Waals surface area contributed by atoms with E-state index in [-0.39, 0.29) is 11.8 Å². The van der Waals surface area contributed by atoms with Crippen molar-refractivity contribution in [1.82, 2.24) is 4.90 Å². The van der Waals surface area contributed by atoms with E-state index in [2.05, 4.69) is 0 Å². The van der Waals surface area contributed by atoms with Crippen LogP contribution in [0.5, 0.6) is 0 Å². The number of allylic oxidation sites excluding steroid dienone is 2. The van der Waals surface area contributed by atoms with Crippen LogP contribution in [0.1, 0.15) is 6.92 Å². The van der Waals surface area contributed by atoms with Crippen molar-refractivity contribution >= 4 is 5.91 Å². The lowest BCUT2D eigenvalue weighted by atomic mass is 9.98. The van der Waals surface area contributed by atoms with Crippen LogP contribution in [-0.2, 0) is 4.79 Å². The molecule has 1 heterocycles. The second-order valence-electron chi connectivity index (χ2n) is 3.45. The van der Waals surface area contributed by atoms with Crippen LogP contribution in [0.25, 0.3) is 0 Å². The van der Waals surface area contributed by atoms with Crippen LogP contribution in [0.15, 0.2) is 36.0 Å². The molecule has 3 heteroatoms. The first kappa shape index (κ1) is 9.21. The maximum atomic E-state index is 11.7. The third-order valence-corrected chi connectivity index (χ3v) is 2.60. The smallest absolute Gasteiger partial charge is 0.255 e. The van der Waals surface area contributed by atoms with Gasteiger partial charge in [-0.3, -0.25) is 4.79 Å². The van der Waals surface area contributed by atoms with Crippen molar-refractivity contribution in [2.45, 2.75) is 13.2 Å². The third-order valence-electron chi connectivity index (χ3n) is 2.60. The summed E-state index contributed by atoms with van der Waals surface area (Å²) in [5.41, 5.74) is 0.673. The number of carbonyl (C=O) groups excluding carboxylic acids is 1. The van der Waals surface area contributed by atoms with Crippen LogP contribution in [-0.4, -0.2) is 28.7 Å². The predicted octanol–water partition coefficient (Wildman–Crippen LogP) is 0.836. The molecule has 2 atom stereocenters. The number of fused-ring (bicyclic) bond motifs is 1. The van der Waals surface area contributed by atoms with Gasteiger partial charge in [0.2, 0.25) is 0 Å². The predicted molar refractivity (Wildman–Crippen MR) is 53.2 cm³/mol. The van der Waals surface area contributed by atoms with E-state index in [0.717, 1.165) is 0 Å². The number of hydrogen-bond donors (Lipinski definition) is 1. The number of aliphatic hydroxyl groups excluding tert-OH is 1. The van der Waals surface area contributed by atoms with Gasteiger partial charge in [0.25, 0.3) is 5.91 Å². The van der Waals surface area contributed by atoms with Gasteiger partial charge in [-0.15, -0.1) is 0 Å². The first-order valence-corrected chi connectivity index (χ1v) is 4.79. The molecule has 1 N–H and O–H groups in total. The van der Waals surface area contributed by atoms with Gasteiger partial charge in [-0.1, -0.05) is 24.3 Å². The number of hydrogen-bond acceptors (Lipinski definition) is 2. The van der Waals surface area contributed by atoms with Crippen molar-refractivity contribution in [1.29, 1.82) is 0 Å². The standard InChI is InChI=1S/C11H13NO2/c1-2-12-10(13)8-5-3-4-6-9(7-8)11(12)14/h3-8,10,13H,2H2,1H3. The summed E-state index contributed by atoms with van der Waals surface area (Å²) in [6.45, 7) is 2.40. The van der Waals surface area contributed by atoms with E-state index in [9.17, 15) is 9.90 Å². The highest BCUT2D eigenvalue weighted by molar-refractivity contribution is 5.97. The van der Waals surface area contributed by atoms with Crippen LogP contribution in [0.4, 0.5) is 0 Å². The SMILES string of the molecule is CCN1C(=O)C2=CC(C=CC=C2)C1O. The van der Waals surface area contributed by atoms with Crippen LogP contribution in [0, 0.1) is 5.92 Å². The number of amides is 1. The molecule has 2 aliphatic rings. The average molecular weight is 191 g/mol. The molecule has 14 heavy (non-hydrogen) atoms. The summed E-state index contributed by atoms with van der Waals surface area (Å²) in [6.07, 6.45) is 8.49. The number of nitrogens with zero attached hydrogens (tertiary/aromatic N) is 1. The lowest BCUT2D eigenvalue weighted by molar-refractivity contribution is -0.139. The Morgan fingerprint density at radius 3 is 3.00 bits per heavy atom. The molecule has 0 aromatic heterocycles. The van der Waals surface area contributed by atoms with Crippen molar-refractivity contribution < 1.29 is 9.90 Å². The van der Waals surface area contributed by atoms with Crippen LogP contribution >= 0.6 is 0 Å². The van der Waals surface area contributed by atoms with E-state index in [1.807, 2.05) is 31.2 Å².